The number of phenols is 1. The van der Waals surface area contributed by atoms with E-state index in [1.54, 1.807) is 18.3 Å². The van der Waals surface area contributed by atoms with Gasteiger partial charge in [0.05, 0.1) is 5.52 Å². The monoisotopic (exact) mass is 253 g/mol. The van der Waals surface area contributed by atoms with Crippen molar-refractivity contribution in [2.24, 2.45) is 0 Å². The number of aromatic nitrogens is 1. The summed E-state index contributed by atoms with van der Waals surface area (Å²) >= 11 is 0. The molecule has 3 rings (SSSR count). The van der Waals surface area contributed by atoms with Gasteiger partial charge in [0.1, 0.15) is 5.75 Å². The van der Waals surface area contributed by atoms with Crippen LogP contribution in [0.4, 0.5) is 5.69 Å². The Hall–Kier alpha value is -0.810. The summed E-state index contributed by atoms with van der Waals surface area (Å²) in [4.78, 5) is 6.65. The van der Waals surface area contributed by atoms with Crippen LogP contribution >= 0.6 is 0 Å². The molecule has 2 aromatic rings. The van der Waals surface area contributed by atoms with E-state index in [-0.39, 0.29) is 36.7 Å². The van der Waals surface area contributed by atoms with E-state index in [2.05, 4.69) is 15.2 Å². The molecule has 0 bridgehead atoms. The van der Waals surface area contributed by atoms with Crippen LogP contribution in [0.25, 0.3) is 10.9 Å². The van der Waals surface area contributed by atoms with E-state index in [1.165, 1.54) is 5.69 Å². The summed E-state index contributed by atoms with van der Waals surface area (Å²) in [6.45, 7) is 4.06. The quantitative estimate of drug-likeness (QED) is 0.605. The average Bonchev–Trinajstić information content (AvgIpc) is 2.39. The third kappa shape index (κ3) is 2.62. The van der Waals surface area contributed by atoms with Crippen LogP contribution in [0.15, 0.2) is 30.5 Å². The van der Waals surface area contributed by atoms with E-state index < -0.39 is 0 Å². The fourth-order valence-corrected chi connectivity index (χ4v) is 2.30. The molecule has 1 aromatic carbocycles. The van der Waals surface area contributed by atoms with E-state index >= 15 is 0 Å². The van der Waals surface area contributed by atoms with Crippen LogP contribution in [0.3, 0.4) is 0 Å². The van der Waals surface area contributed by atoms with Crippen molar-refractivity contribution in [2.75, 3.05) is 31.1 Å². The van der Waals surface area contributed by atoms with Crippen molar-refractivity contribution in [3.8, 4) is 5.75 Å². The molecular formula is C13H16N3NaO. The maximum Gasteiger partial charge on any atom is 1.00 e. The maximum absolute atomic E-state index is 9.47. The molecule has 5 heteroatoms. The first-order chi connectivity index (χ1) is 8.34. The Morgan fingerprint density at radius 2 is 2.00 bits per heavy atom. The number of nitrogens with one attached hydrogen (secondary N) is 1. The summed E-state index contributed by atoms with van der Waals surface area (Å²) in [5, 5.41) is 13.9. The second-order valence-corrected chi connectivity index (χ2v) is 4.27. The molecule has 0 radical (unpaired) electrons. The molecule has 0 saturated carbocycles. The van der Waals surface area contributed by atoms with Gasteiger partial charge in [-0.05, 0) is 18.2 Å². The number of fused-ring (bicyclic) bond motifs is 1. The number of nitrogens with zero attached hydrogens (tertiary/aromatic N) is 2. The number of anilines is 1. The number of hydrogen-bond donors (Lipinski definition) is 2. The van der Waals surface area contributed by atoms with Gasteiger partial charge < -0.3 is 16.7 Å². The van der Waals surface area contributed by atoms with Crippen LogP contribution in [0, 0.1) is 0 Å². The van der Waals surface area contributed by atoms with Crippen molar-refractivity contribution in [1.82, 2.24) is 10.3 Å². The third-order valence-electron chi connectivity index (χ3n) is 3.16. The fourth-order valence-electron chi connectivity index (χ4n) is 2.30. The van der Waals surface area contributed by atoms with Crippen molar-refractivity contribution in [1.29, 1.82) is 0 Å². The molecule has 1 saturated heterocycles. The van der Waals surface area contributed by atoms with Crippen molar-refractivity contribution < 1.29 is 36.1 Å². The summed E-state index contributed by atoms with van der Waals surface area (Å²) in [7, 11) is 0. The number of hydrogen-bond acceptors (Lipinski definition) is 4. The molecule has 4 nitrogen and oxygen atoms in total. The van der Waals surface area contributed by atoms with Crippen molar-refractivity contribution in [2.45, 2.75) is 0 Å². The minimum Gasteiger partial charge on any atom is -1.00 e. The van der Waals surface area contributed by atoms with Gasteiger partial charge >= 0.3 is 29.6 Å². The Kier molecular flexibility index (Phi) is 4.45. The van der Waals surface area contributed by atoms with Gasteiger partial charge in [0, 0.05) is 49.5 Å². The molecule has 1 fully saturated rings. The second kappa shape index (κ2) is 5.89. The first-order valence-corrected chi connectivity index (χ1v) is 5.88. The number of pyridine rings is 1. The zero-order chi connectivity index (χ0) is 11.7. The Bertz CT molecular complexity index is 546. The molecule has 0 aliphatic carbocycles. The van der Waals surface area contributed by atoms with E-state index in [1.807, 2.05) is 12.1 Å². The summed E-state index contributed by atoms with van der Waals surface area (Å²) in [5.74, 6) is 0.266. The average molecular weight is 253 g/mol. The molecule has 2 heterocycles. The van der Waals surface area contributed by atoms with Gasteiger partial charge in [-0.15, -0.1) is 0 Å². The third-order valence-corrected chi connectivity index (χ3v) is 3.16. The number of piperazine rings is 1. The van der Waals surface area contributed by atoms with E-state index in [4.69, 9.17) is 0 Å². The number of aromatic hydroxyl groups is 1. The number of rotatable bonds is 1. The van der Waals surface area contributed by atoms with E-state index in [0.717, 1.165) is 37.1 Å². The predicted molar refractivity (Wildman–Crippen MR) is 69.6 cm³/mol. The Morgan fingerprint density at radius 3 is 2.78 bits per heavy atom. The summed E-state index contributed by atoms with van der Waals surface area (Å²) in [5.41, 5.74) is 2.05. The molecule has 90 valence electrons. The molecule has 1 aromatic heterocycles. The second-order valence-electron chi connectivity index (χ2n) is 4.27. The minimum absolute atomic E-state index is 0. The molecule has 0 amide bonds. The van der Waals surface area contributed by atoms with Crippen LogP contribution in [0.5, 0.6) is 5.75 Å². The van der Waals surface area contributed by atoms with Gasteiger partial charge in [-0.3, -0.25) is 4.98 Å². The minimum atomic E-state index is 0. The maximum atomic E-state index is 9.47. The van der Waals surface area contributed by atoms with Gasteiger partial charge in [0.25, 0.3) is 0 Å². The molecule has 2 N–H and O–H groups in total. The summed E-state index contributed by atoms with van der Waals surface area (Å²) < 4.78 is 0. The normalized spacial score (nSPS) is 15.4. The molecule has 0 atom stereocenters. The van der Waals surface area contributed by atoms with Gasteiger partial charge in [0.2, 0.25) is 0 Å². The molecule has 18 heavy (non-hydrogen) atoms. The van der Waals surface area contributed by atoms with Crippen LogP contribution in [0.1, 0.15) is 1.43 Å². The van der Waals surface area contributed by atoms with Crippen LogP contribution in [-0.4, -0.2) is 36.3 Å². The molecule has 1 aliphatic heterocycles. The summed E-state index contributed by atoms with van der Waals surface area (Å²) in [6.07, 6.45) is 1.80. The molecular weight excluding hydrogens is 237 g/mol. The van der Waals surface area contributed by atoms with Crippen molar-refractivity contribution in [3.05, 3.63) is 30.5 Å². The van der Waals surface area contributed by atoms with E-state index in [0.29, 0.717) is 0 Å². The zero-order valence-electron chi connectivity index (χ0n) is 11.6. The van der Waals surface area contributed by atoms with Crippen LogP contribution in [-0.2, 0) is 0 Å². The van der Waals surface area contributed by atoms with Gasteiger partial charge in [-0.1, -0.05) is 0 Å². The van der Waals surface area contributed by atoms with Gasteiger partial charge in [-0.25, -0.2) is 0 Å². The predicted octanol–water partition coefficient (Wildman–Crippen LogP) is -1.53. The zero-order valence-corrected chi connectivity index (χ0v) is 12.6. The SMILES string of the molecule is Oc1ccc2c(N3CCNCC3)ccnc2c1.[H-].[Na+]. The topological polar surface area (TPSA) is 48.4 Å². The van der Waals surface area contributed by atoms with E-state index in [9.17, 15) is 5.11 Å². The molecule has 0 spiro atoms. The van der Waals surface area contributed by atoms with Crippen LogP contribution < -0.4 is 39.8 Å². The van der Waals surface area contributed by atoms with Crippen molar-refractivity contribution >= 4 is 16.6 Å². The molecule has 0 unspecified atom stereocenters. The first kappa shape index (κ1) is 13.6. The van der Waals surface area contributed by atoms with Crippen LogP contribution in [0.2, 0.25) is 0 Å². The summed E-state index contributed by atoms with van der Waals surface area (Å²) in [6, 6.07) is 7.41. The first-order valence-electron chi connectivity index (χ1n) is 5.88. The Morgan fingerprint density at radius 1 is 1.22 bits per heavy atom. The standard InChI is InChI=1S/C13H15N3O.Na.H/c17-10-1-2-11-12(9-10)15-4-3-13(11)16-7-5-14-6-8-16;;/h1-4,9,14,17H,5-8H2;;/q;+1;-1. The smallest absolute Gasteiger partial charge is 1.00 e. The van der Waals surface area contributed by atoms with Crippen molar-refractivity contribution in [3.63, 3.8) is 0 Å². The largest absolute Gasteiger partial charge is 1.00 e. The number of phenolic OH excluding ortho intramolecular Hbond substituents is 1. The molecule has 1 aliphatic rings. The Balaban J connectivity index is 0.000000902. The van der Waals surface area contributed by atoms with Gasteiger partial charge in [-0.2, -0.15) is 0 Å². The number of benzene rings is 1. The van der Waals surface area contributed by atoms with Gasteiger partial charge in [0.15, 0.2) is 0 Å². The Labute approximate surface area is 130 Å². The fraction of sp³-hybridized carbons (Fsp3) is 0.308.